The zero-order valence-corrected chi connectivity index (χ0v) is 20.0. The van der Waals surface area contributed by atoms with Gasteiger partial charge in [0.2, 0.25) is 0 Å². The van der Waals surface area contributed by atoms with Gasteiger partial charge in [0, 0.05) is 30.7 Å². The van der Waals surface area contributed by atoms with Crippen molar-refractivity contribution in [3.63, 3.8) is 0 Å². The molecule has 2 saturated heterocycles. The maximum absolute atomic E-state index is 13.7. The Bertz CT molecular complexity index is 1520. The van der Waals surface area contributed by atoms with Crippen LogP contribution >= 0.6 is 0 Å². The van der Waals surface area contributed by atoms with Crippen molar-refractivity contribution in [2.75, 3.05) is 32.9 Å². The van der Waals surface area contributed by atoms with Crippen LogP contribution in [0.2, 0.25) is 0 Å². The van der Waals surface area contributed by atoms with Gasteiger partial charge in [-0.1, -0.05) is 12.1 Å². The van der Waals surface area contributed by atoms with Gasteiger partial charge in [-0.25, -0.2) is 4.39 Å². The van der Waals surface area contributed by atoms with Gasteiger partial charge < -0.3 is 19.4 Å². The summed E-state index contributed by atoms with van der Waals surface area (Å²) in [6, 6.07) is 10.2. The summed E-state index contributed by atoms with van der Waals surface area (Å²) in [5, 5.41) is 5.96. The second kappa shape index (κ2) is 9.15. The fraction of sp³-hybridized carbons (Fsp3) is 0.370. The van der Waals surface area contributed by atoms with E-state index in [-0.39, 0.29) is 23.3 Å². The van der Waals surface area contributed by atoms with E-state index in [2.05, 4.69) is 10.1 Å². The van der Waals surface area contributed by atoms with E-state index in [0.29, 0.717) is 54.9 Å². The zero-order valence-electron chi connectivity index (χ0n) is 20.0. The van der Waals surface area contributed by atoms with Crippen LogP contribution in [0.5, 0.6) is 0 Å². The highest BCUT2D eigenvalue weighted by Gasteiger charge is 2.28. The van der Waals surface area contributed by atoms with E-state index in [1.165, 1.54) is 12.1 Å². The smallest absolute Gasteiger partial charge is 0.259 e. The van der Waals surface area contributed by atoms with Gasteiger partial charge in [0.05, 0.1) is 41.8 Å². The Morgan fingerprint density at radius 2 is 1.97 bits per heavy atom. The van der Waals surface area contributed by atoms with Crippen molar-refractivity contribution in [2.24, 2.45) is 0 Å². The van der Waals surface area contributed by atoms with Crippen LogP contribution in [-0.4, -0.2) is 58.5 Å². The largest absolute Gasteiger partial charge is 0.381 e. The lowest BCUT2D eigenvalue weighted by atomic mass is 10.0. The lowest BCUT2D eigenvalue weighted by Crippen LogP contribution is -2.42. The van der Waals surface area contributed by atoms with Crippen LogP contribution < -0.4 is 5.56 Å². The molecule has 9 heteroatoms. The van der Waals surface area contributed by atoms with Crippen LogP contribution in [-0.2, 0) is 9.47 Å². The number of aromatic nitrogens is 3. The molecule has 1 atom stereocenters. The average Bonchev–Trinajstić information content (AvgIpc) is 3.35. The number of carbonyl (C=O) groups is 1. The Balaban J connectivity index is 1.37. The highest BCUT2D eigenvalue weighted by molar-refractivity contribution is 6.07. The average molecular weight is 491 g/mol. The van der Waals surface area contributed by atoms with E-state index in [9.17, 15) is 14.0 Å². The van der Waals surface area contributed by atoms with Crippen molar-refractivity contribution in [1.82, 2.24) is 19.7 Å². The quantitative estimate of drug-likeness (QED) is 0.471. The van der Waals surface area contributed by atoms with Crippen LogP contribution in [0.15, 0.2) is 47.4 Å². The van der Waals surface area contributed by atoms with Gasteiger partial charge >= 0.3 is 0 Å². The number of fused-ring (bicyclic) bond motifs is 3. The number of hydrogen-bond acceptors (Lipinski definition) is 5. The molecular formula is C27H27FN4O4. The normalized spacial score (nSPS) is 19.3. The Hall–Kier alpha value is -3.56. The van der Waals surface area contributed by atoms with E-state index in [0.717, 1.165) is 29.3 Å². The summed E-state index contributed by atoms with van der Waals surface area (Å²) >= 11 is 0. The highest BCUT2D eigenvalue weighted by Crippen LogP contribution is 2.31. The van der Waals surface area contributed by atoms with Crippen molar-refractivity contribution >= 4 is 27.7 Å². The number of amides is 1. The molecule has 186 valence electrons. The second-order valence-corrected chi connectivity index (χ2v) is 9.53. The molecule has 2 aliphatic heterocycles. The van der Waals surface area contributed by atoms with Gasteiger partial charge in [0.25, 0.3) is 11.5 Å². The number of halogens is 1. The van der Waals surface area contributed by atoms with Gasteiger partial charge in [0.1, 0.15) is 11.9 Å². The number of nitrogens with zero attached hydrogens (tertiary/aromatic N) is 3. The third-order valence-electron chi connectivity index (χ3n) is 7.25. The molecule has 0 saturated carbocycles. The van der Waals surface area contributed by atoms with E-state index in [1.54, 1.807) is 29.3 Å². The van der Waals surface area contributed by atoms with Crippen molar-refractivity contribution in [3.05, 3.63) is 75.5 Å². The number of nitrogens with one attached hydrogen (secondary N) is 1. The fourth-order valence-corrected chi connectivity index (χ4v) is 5.34. The molecule has 2 aliphatic rings. The molecule has 0 spiro atoms. The van der Waals surface area contributed by atoms with E-state index >= 15 is 0 Å². The minimum Gasteiger partial charge on any atom is -0.381 e. The first kappa shape index (κ1) is 22.9. The van der Waals surface area contributed by atoms with Gasteiger partial charge in [-0.05, 0) is 55.2 Å². The molecule has 8 nitrogen and oxygen atoms in total. The summed E-state index contributed by atoms with van der Waals surface area (Å²) in [5.41, 5.74) is 3.21. The molecule has 4 heterocycles. The first-order chi connectivity index (χ1) is 17.5. The monoisotopic (exact) mass is 490 g/mol. The van der Waals surface area contributed by atoms with Crippen molar-refractivity contribution in [1.29, 1.82) is 0 Å². The Kier molecular flexibility index (Phi) is 5.81. The molecule has 6 rings (SSSR count). The molecule has 0 aliphatic carbocycles. The maximum Gasteiger partial charge on any atom is 0.259 e. The first-order valence-corrected chi connectivity index (χ1v) is 12.3. The number of aromatic amines is 1. The molecule has 2 aromatic carbocycles. The summed E-state index contributed by atoms with van der Waals surface area (Å²) < 4.78 is 27.0. The van der Waals surface area contributed by atoms with Gasteiger partial charge in [-0.3, -0.25) is 14.3 Å². The Labute approximate surface area is 206 Å². The molecule has 1 N–H and O–H groups in total. The number of aryl methyl sites for hydroxylation is 1. The number of rotatable bonds is 3. The van der Waals surface area contributed by atoms with Gasteiger partial charge in [0.15, 0.2) is 0 Å². The van der Waals surface area contributed by atoms with Crippen molar-refractivity contribution in [2.45, 2.75) is 31.9 Å². The number of ether oxygens (including phenoxy) is 2. The third-order valence-corrected chi connectivity index (χ3v) is 7.25. The summed E-state index contributed by atoms with van der Waals surface area (Å²) in [4.78, 5) is 31.2. The highest BCUT2D eigenvalue weighted by atomic mass is 19.1. The van der Waals surface area contributed by atoms with E-state index in [1.807, 2.05) is 17.7 Å². The third kappa shape index (κ3) is 3.98. The Morgan fingerprint density at radius 3 is 2.78 bits per heavy atom. The van der Waals surface area contributed by atoms with Crippen LogP contribution in [0.3, 0.4) is 0 Å². The van der Waals surface area contributed by atoms with Gasteiger partial charge in [-0.2, -0.15) is 5.10 Å². The number of pyridine rings is 1. The van der Waals surface area contributed by atoms with Gasteiger partial charge in [-0.15, -0.1) is 0 Å². The predicted octanol–water partition coefficient (Wildman–Crippen LogP) is 3.89. The lowest BCUT2D eigenvalue weighted by Gasteiger charge is -2.33. The number of morpholine rings is 1. The molecule has 1 amide bonds. The van der Waals surface area contributed by atoms with Crippen LogP contribution in [0, 0.1) is 12.7 Å². The number of hydrogen-bond donors (Lipinski definition) is 1. The summed E-state index contributed by atoms with van der Waals surface area (Å²) in [5.74, 6) is -0.474. The molecule has 1 unspecified atom stereocenters. The summed E-state index contributed by atoms with van der Waals surface area (Å²) in [6.45, 7) is 4.37. The van der Waals surface area contributed by atoms with E-state index < -0.39 is 6.10 Å². The minimum absolute atomic E-state index is 0.141. The molecule has 36 heavy (non-hydrogen) atoms. The first-order valence-electron chi connectivity index (χ1n) is 12.3. The predicted molar refractivity (Wildman–Crippen MR) is 133 cm³/mol. The van der Waals surface area contributed by atoms with Crippen LogP contribution in [0.25, 0.3) is 21.8 Å². The SMILES string of the molecule is Cc1cc2c(cc1C(=O)N1CCOC(c3cccc(F)c3)C1)[nH]c(=O)c1cnn(C3CCOCC3)c12. The molecule has 2 aromatic heterocycles. The topological polar surface area (TPSA) is 89.5 Å². The lowest BCUT2D eigenvalue weighted by molar-refractivity contribution is -0.0229. The van der Waals surface area contributed by atoms with Crippen LogP contribution in [0.4, 0.5) is 4.39 Å². The van der Waals surface area contributed by atoms with Crippen molar-refractivity contribution < 1.29 is 18.7 Å². The summed E-state index contributed by atoms with van der Waals surface area (Å²) in [7, 11) is 0. The number of H-pyrrole nitrogens is 1. The van der Waals surface area contributed by atoms with Crippen LogP contribution in [0.1, 0.15) is 46.5 Å². The second-order valence-electron chi connectivity index (χ2n) is 9.53. The number of carbonyl (C=O) groups excluding carboxylic acids is 1. The van der Waals surface area contributed by atoms with E-state index in [4.69, 9.17) is 9.47 Å². The molecule has 0 radical (unpaired) electrons. The summed E-state index contributed by atoms with van der Waals surface area (Å²) in [6.07, 6.45) is 2.90. The minimum atomic E-state index is -0.396. The zero-order chi connectivity index (χ0) is 24.8. The molecule has 2 fully saturated rings. The molecule has 0 bridgehead atoms. The maximum atomic E-state index is 13.7. The number of benzene rings is 2. The molecule has 4 aromatic rings. The molecular weight excluding hydrogens is 463 g/mol. The van der Waals surface area contributed by atoms with Crippen molar-refractivity contribution in [3.8, 4) is 0 Å². The standard InChI is InChI=1S/C27H27FN4O4/c1-16-11-21-23(30-26(33)22-14-29-32(25(21)22)19-5-8-35-9-6-19)13-20(16)27(34)31-7-10-36-24(15-31)17-3-2-4-18(28)12-17/h2-4,11-14,19,24H,5-10,15H2,1H3,(H,30,33). The Morgan fingerprint density at radius 1 is 1.14 bits per heavy atom. The fourth-order valence-electron chi connectivity index (χ4n) is 5.34.